The topological polar surface area (TPSA) is 132 Å². The van der Waals surface area contributed by atoms with E-state index in [2.05, 4.69) is 26.6 Å². The van der Waals surface area contributed by atoms with Crippen LogP contribution >= 0.6 is 15.9 Å². The van der Waals surface area contributed by atoms with Crippen LogP contribution in [-0.4, -0.2) is 56.2 Å². The molecule has 0 aliphatic heterocycles. The van der Waals surface area contributed by atoms with Crippen molar-refractivity contribution in [2.45, 2.75) is 31.8 Å². The van der Waals surface area contributed by atoms with E-state index in [0.717, 1.165) is 0 Å². The van der Waals surface area contributed by atoms with E-state index in [1.54, 1.807) is 60.7 Å². The number of rotatable bonds is 10. The molecule has 0 spiro atoms. The lowest BCUT2D eigenvalue weighted by Gasteiger charge is -2.44. The number of benzene rings is 3. The first-order valence-corrected chi connectivity index (χ1v) is 14.5. The van der Waals surface area contributed by atoms with Gasteiger partial charge in [-0.1, -0.05) is 24.3 Å². The molecular weight excluding hydrogens is 620 g/mol. The summed E-state index contributed by atoms with van der Waals surface area (Å²) in [6.07, 6.45) is -0.423. The van der Waals surface area contributed by atoms with Crippen LogP contribution in [0.25, 0.3) is 0 Å². The third-order valence-electron chi connectivity index (χ3n) is 7.48. The van der Waals surface area contributed by atoms with Gasteiger partial charge in [0.2, 0.25) is 11.8 Å². The van der Waals surface area contributed by atoms with Gasteiger partial charge in [-0.05, 0) is 71.7 Å². The molecule has 0 saturated heterocycles. The Morgan fingerprint density at radius 2 is 1.47 bits per heavy atom. The van der Waals surface area contributed by atoms with Gasteiger partial charge in [0.1, 0.15) is 23.2 Å². The molecule has 3 N–H and O–H groups in total. The summed E-state index contributed by atoms with van der Waals surface area (Å²) in [5.74, 6) is -3.90. The number of anilines is 2. The van der Waals surface area contributed by atoms with Crippen molar-refractivity contribution in [2.75, 3.05) is 38.6 Å². The number of amides is 2. The smallest absolute Gasteiger partial charge is 0.235 e. The molecule has 10 nitrogen and oxygen atoms in total. The van der Waals surface area contributed by atoms with Crippen molar-refractivity contribution in [3.63, 3.8) is 0 Å². The molecule has 0 aromatic heterocycles. The number of ketones is 1. The van der Waals surface area contributed by atoms with Gasteiger partial charge in [0.05, 0.1) is 55.3 Å². The molecule has 1 aliphatic carbocycles. The monoisotopic (exact) mass is 654 g/mol. The van der Waals surface area contributed by atoms with Gasteiger partial charge in [-0.25, -0.2) is 0 Å². The molecule has 0 heterocycles. The molecular formula is C32H35BrN2O8. The molecule has 0 radical (unpaired) electrons. The number of aliphatic hydroxyl groups is 1. The highest BCUT2D eigenvalue weighted by molar-refractivity contribution is 9.10. The van der Waals surface area contributed by atoms with Crippen LogP contribution in [0.3, 0.4) is 0 Å². The van der Waals surface area contributed by atoms with Gasteiger partial charge in [0.15, 0.2) is 11.5 Å². The number of ether oxygens (including phenoxy) is 4. The van der Waals surface area contributed by atoms with Gasteiger partial charge in [0.25, 0.3) is 0 Å². The highest BCUT2D eigenvalue weighted by Crippen LogP contribution is 2.49. The summed E-state index contributed by atoms with van der Waals surface area (Å²) in [7, 11) is 4.44. The molecule has 43 heavy (non-hydrogen) atoms. The summed E-state index contributed by atoms with van der Waals surface area (Å²) < 4.78 is 22.6. The van der Waals surface area contributed by atoms with E-state index in [0.29, 0.717) is 51.0 Å². The first kappa shape index (κ1) is 31.8. The summed E-state index contributed by atoms with van der Waals surface area (Å²) in [6, 6.07) is 17.0. The predicted molar refractivity (Wildman–Crippen MR) is 165 cm³/mol. The number of methoxy groups -OCH3 is 3. The molecule has 1 fully saturated rings. The van der Waals surface area contributed by atoms with Crippen molar-refractivity contribution >= 4 is 44.9 Å². The maximum atomic E-state index is 14.1. The second-order valence-corrected chi connectivity index (χ2v) is 11.2. The third kappa shape index (κ3) is 6.62. The fraction of sp³-hybridized carbons (Fsp3) is 0.344. The molecule has 4 rings (SSSR count). The van der Waals surface area contributed by atoms with Gasteiger partial charge in [-0.2, -0.15) is 0 Å². The lowest BCUT2D eigenvalue weighted by molar-refractivity contribution is -0.150. The lowest BCUT2D eigenvalue weighted by Crippen LogP contribution is -2.56. The molecule has 1 saturated carbocycles. The minimum atomic E-state index is -1.81. The first-order valence-electron chi connectivity index (χ1n) is 13.7. The van der Waals surface area contributed by atoms with Crippen molar-refractivity contribution in [1.29, 1.82) is 0 Å². The van der Waals surface area contributed by atoms with Crippen LogP contribution in [0.15, 0.2) is 65.1 Å². The number of hydrogen-bond acceptors (Lipinski definition) is 8. The zero-order valence-corrected chi connectivity index (χ0v) is 26.2. The Balaban J connectivity index is 1.88. The Morgan fingerprint density at radius 3 is 2.00 bits per heavy atom. The summed E-state index contributed by atoms with van der Waals surface area (Å²) in [6.45, 7) is 3.55. The van der Waals surface area contributed by atoms with Crippen molar-refractivity contribution in [1.82, 2.24) is 0 Å². The van der Waals surface area contributed by atoms with Crippen LogP contribution in [0.1, 0.15) is 31.7 Å². The SMILES string of the molecule is CCOc1cc(C2C(C(=O)Nc3ccccc3OC)C(=O)CC(C)(O)C2C(=O)Nc2ccccc2OC)cc(Br)c1OC. The van der Waals surface area contributed by atoms with E-state index in [4.69, 9.17) is 18.9 Å². The van der Waals surface area contributed by atoms with E-state index in [1.807, 2.05) is 6.92 Å². The van der Waals surface area contributed by atoms with Crippen LogP contribution < -0.4 is 29.6 Å². The average Bonchev–Trinajstić information content (AvgIpc) is 2.96. The van der Waals surface area contributed by atoms with Crippen LogP contribution in [0.2, 0.25) is 0 Å². The van der Waals surface area contributed by atoms with Crippen LogP contribution in [0.4, 0.5) is 11.4 Å². The fourth-order valence-electron chi connectivity index (χ4n) is 5.65. The van der Waals surface area contributed by atoms with Gasteiger partial charge in [-0.15, -0.1) is 0 Å². The Kier molecular flexibility index (Phi) is 9.98. The van der Waals surface area contributed by atoms with Crippen molar-refractivity contribution in [3.05, 3.63) is 70.7 Å². The number of Topliss-reactive ketones (excluding diaryl/α,β-unsaturated/α-hetero) is 1. The Morgan fingerprint density at radius 1 is 0.907 bits per heavy atom. The number of halogens is 1. The first-order chi connectivity index (χ1) is 20.6. The van der Waals surface area contributed by atoms with E-state index in [9.17, 15) is 19.5 Å². The molecule has 4 atom stereocenters. The number of hydrogen-bond donors (Lipinski definition) is 3. The number of carbonyl (C=O) groups is 3. The molecule has 3 aromatic carbocycles. The van der Waals surface area contributed by atoms with E-state index < -0.39 is 47.4 Å². The zero-order chi connectivity index (χ0) is 31.3. The van der Waals surface area contributed by atoms with Crippen molar-refractivity contribution < 1.29 is 38.4 Å². The normalized spacial score (nSPS) is 21.5. The minimum absolute atomic E-state index is 0.309. The molecule has 11 heteroatoms. The highest BCUT2D eigenvalue weighted by Gasteiger charge is 2.56. The number of nitrogens with one attached hydrogen (secondary N) is 2. The standard InChI is InChI=1S/C32H35BrN2O8/c1-6-43-25-16-18(15-19(33)29(25)42-5)26-27(30(37)34-20-11-7-9-13-23(20)40-3)22(36)17-32(2,39)28(26)31(38)35-21-12-8-10-14-24(21)41-4/h7-16,26-28,39H,6,17H2,1-5H3,(H,34,37)(H,35,38). The van der Waals surface area contributed by atoms with Gasteiger partial charge in [-0.3, -0.25) is 14.4 Å². The Hall–Kier alpha value is -4.09. The summed E-state index contributed by atoms with van der Waals surface area (Å²) >= 11 is 3.51. The van der Waals surface area contributed by atoms with Crippen molar-refractivity contribution in [2.24, 2.45) is 11.8 Å². The maximum absolute atomic E-state index is 14.1. The minimum Gasteiger partial charge on any atom is -0.495 e. The zero-order valence-electron chi connectivity index (χ0n) is 24.6. The molecule has 0 bridgehead atoms. The van der Waals surface area contributed by atoms with Crippen LogP contribution in [0.5, 0.6) is 23.0 Å². The van der Waals surface area contributed by atoms with E-state index in [-0.39, 0.29) is 0 Å². The van der Waals surface area contributed by atoms with E-state index in [1.165, 1.54) is 28.3 Å². The molecule has 1 aliphatic rings. The average molecular weight is 656 g/mol. The quantitative estimate of drug-likeness (QED) is 0.255. The largest absolute Gasteiger partial charge is 0.495 e. The highest BCUT2D eigenvalue weighted by atomic mass is 79.9. The second-order valence-electron chi connectivity index (χ2n) is 10.3. The molecule has 228 valence electrons. The summed E-state index contributed by atoms with van der Waals surface area (Å²) in [5.41, 5.74) is -0.653. The summed E-state index contributed by atoms with van der Waals surface area (Å²) in [5, 5.41) is 17.4. The lowest BCUT2D eigenvalue weighted by atomic mass is 9.61. The van der Waals surface area contributed by atoms with Crippen molar-refractivity contribution in [3.8, 4) is 23.0 Å². The maximum Gasteiger partial charge on any atom is 0.235 e. The van der Waals surface area contributed by atoms with Gasteiger partial charge in [0, 0.05) is 12.3 Å². The summed E-state index contributed by atoms with van der Waals surface area (Å²) in [4.78, 5) is 41.9. The third-order valence-corrected chi connectivity index (χ3v) is 8.07. The number of carbonyl (C=O) groups excluding carboxylic acids is 3. The van der Waals surface area contributed by atoms with Gasteiger partial charge < -0.3 is 34.7 Å². The molecule has 4 unspecified atom stereocenters. The fourth-order valence-corrected chi connectivity index (χ4v) is 6.27. The Labute approximate surface area is 258 Å². The van der Waals surface area contributed by atoms with Gasteiger partial charge >= 0.3 is 0 Å². The Bertz CT molecular complexity index is 1510. The van der Waals surface area contributed by atoms with Crippen LogP contribution in [-0.2, 0) is 14.4 Å². The van der Waals surface area contributed by atoms with E-state index >= 15 is 0 Å². The van der Waals surface area contributed by atoms with Crippen LogP contribution in [0, 0.1) is 11.8 Å². The second kappa shape index (κ2) is 13.5. The predicted octanol–water partition coefficient (Wildman–Crippen LogP) is 5.19. The number of para-hydroxylation sites is 4. The molecule has 3 aromatic rings. The molecule has 2 amide bonds.